The highest BCUT2D eigenvalue weighted by molar-refractivity contribution is 5.68. The molecule has 4 unspecified atom stereocenters. The zero-order valence-corrected chi connectivity index (χ0v) is 15.7. The first kappa shape index (κ1) is 16.3. The maximum Gasteiger partial charge on any atom is 0.0956 e. The molecule has 1 aromatic heterocycles. The van der Waals surface area contributed by atoms with Crippen LogP contribution in [0.15, 0.2) is 36.8 Å². The van der Waals surface area contributed by atoms with Gasteiger partial charge in [-0.25, -0.2) is 4.98 Å². The number of benzene rings is 1. The highest BCUT2D eigenvalue weighted by atomic mass is 16.3. The highest BCUT2D eigenvalue weighted by Crippen LogP contribution is 2.64. The lowest BCUT2D eigenvalue weighted by molar-refractivity contribution is -0.157. The molecule has 4 heteroatoms. The van der Waals surface area contributed by atoms with E-state index in [0.29, 0.717) is 24.4 Å². The molecule has 2 N–H and O–H groups in total. The topological polar surface area (TPSA) is 58.3 Å². The van der Waals surface area contributed by atoms with Gasteiger partial charge in [0.05, 0.1) is 30.4 Å². The van der Waals surface area contributed by atoms with Crippen molar-refractivity contribution in [1.29, 1.82) is 0 Å². The lowest BCUT2D eigenvalue weighted by atomic mass is 9.44. The number of fused-ring (bicyclic) bond motifs is 3. The summed E-state index contributed by atoms with van der Waals surface area (Å²) in [6.45, 7) is 0.336. The summed E-state index contributed by atoms with van der Waals surface area (Å²) in [6.07, 6.45) is 10.3. The quantitative estimate of drug-likeness (QED) is 0.871. The molecule has 0 radical (unpaired) electrons. The van der Waals surface area contributed by atoms with E-state index >= 15 is 0 Å². The molecule has 1 aliphatic heterocycles. The van der Waals surface area contributed by atoms with Crippen LogP contribution in [0.3, 0.4) is 0 Å². The van der Waals surface area contributed by atoms with E-state index < -0.39 is 0 Å². The standard InChI is InChI=1S/C23H28N2O2/c26-12-19-15-5-14-6-16(19)10-23(8-14,9-15)22(27)7-20-17-3-1-2-4-18(17)21-11-24-13-25(20)21/h1-4,11,13-16,19-20,22,26-27H,5-10,12H2. The van der Waals surface area contributed by atoms with Crippen LogP contribution in [-0.2, 0) is 0 Å². The Bertz CT molecular complexity index is 859. The van der Waals surface area contributed by atoms with Gasteiger partial charge in [0, 0.05) is 12.2 Å². The maximum absolute atomic E-state index is 11.5. The van der Waals surface area contributed by atoms with Crippen LogP contribution >= 0.6 is 0 Å². The fraction of sp³-hybridized carbons (Fsp3) is 0.609. The SMILES string of the molecule is OCC1C2CC3CC1CC(C(O)CC1c4ccccc4-c4cncn41)(C3)C2. The van der Waals surface area contributed by atoms with Crippen LogP contribution < -0.4 is 0 Å². The van der Waals surface area contributed by atoms with E-state index in [1.54, 1.807) is 0 Å². The van der Waals surface area contributed by atoms with Crippen molar-refractivity contribution in [3.8, 4) is 11.3 Å². The van der Waals surface area contributed by atoms with Gasteiger partial charge in [-0.2, -0.15) is 0 Å². The van der Waals surface area contributed by atoms with Crippen molar-refractivity contribution in [1.82, 2.24) is 9.55 Å². The minimum Gasteiger partial charge on any atom is -0.396 e. The summed E-state index contributed by atoms with van der Waals surface area (Å²) in [5.74, 6) is 2.49. The summed E-state index contributed by atoms with van der Waals surface area (Å²) in [6, 6.07) is 8.76. The molecule has 5 aliphatic rings. The second kappa shape index (κ2) is 5.68. The molecule has 4 aliphatic carbocycles. The van der Waals surface area contributed by atoms with E-state index in [9.17, 15) is 10.2 Å². The van der Waals surface area contributed by atoms with Gasteiger partial charge in [0.1, 0.15) is 0 Å². The monoisotopic (exact) mass is 364 g/mol. The van der Waals surface area contributed by atoms with Gasteiger partial charge in [0.25, 0.3) is 0 Å². The minimum atomic E-state index is -0.281. The van der Waals surface area contributed by atoms with Crippen LogP contribution in [0.2, 0.25) is 0 Å². The predicted molar refractivity (Wildman–Crippen MR) is 103 cm³/mol. The van der Waals surface area contributed by atoms with E-state index in [1.165, 1.54) is 36.1 Å². The summed E-state index contributed by atoms with van der Waals surface area (Å²) in [4.78, 5) is 4.37. The fourth-order valence-corrected chi connectivity index (χ4v) is 7.53. The van der Waals surface area contributed by atoms with Crippen molar-refractivity contribution in [3.05, 3.63) is 42.4 Å². The summed E-state index contributed by atoms with van der Waals surface area (Å²) < 4.78 is 2.25. The normalized spacial score (nSPS) is 39.4. The predicted octanol–water partition coefficient (Wildman–Crippen LogP) is 3.64. The Kier molecular flexibility index (Phi) is 3.43. The number of nitrogens with zero attached hydrogens (tertiary/aromatic N) is 2. The highest BCUT2D eigenvalue weighted by Gasteiger charge is 2.57. The second-order valence-corrected chi connectivity index (χ2v) is 9.72. The lowest BCUT2D eigenvalue weighted by Gasteiger charge is -2.61. The van der Waals surface area contributed by atoms with Gasteiger partial charge in [-0.15, -0.1) is 0 Å². The number of imidazole rings is 1. The van der Waals surface area contributed by atoms with E-state index in [1.807, 2.05) is 12.5 Å². The van der Waals surface area contributed by atoms with Crippen molar-refractivity contribution in [2.24, 2.45) is 29.1 Å². The third-order valence-electron chi connectivity index (χ3n) is 8.48. The molecular formula is C23H28N2O2. The summed E-state index contributed by atoms with van der Waals surface area (Å²) in [5.41, 5.74) is 3.83. The van der Waals surface area contributed by atoms with Crippen LogP contribution in [0.4, 0.5) is 0 Å². The third kappa shape index (κ3) is 2.20. The smallest absolute Gasteiger partial charge is 0.0956 e. The van der Waals surface area contributed by atoms with E-state index in [0.717, 1.165) is 25.2 Å². The van der Waals surface area contributed by atoms with E-state index in [4.69, 9.17) is 0 Å². The molecular weight excluding hydrogens is 336 g/mol. The fourth-order valence-electron chi connectivity index (χ4n) is 7.53. The van der Waals surface area contributed by atoms with Gasteiger partial charge in [0.15, 0.2) is 0 Å². The Labute approximate surface area is 160 Å². The molecule has 7 rings (SSSR count). The molecule has 27 heavy (non-hydrogen) atoms. The molecule has 0 spiro atoms. The first-order valence-corrected chi connectivity index (χ1v) is 10.6. The summed E-state index contributed by atoms with van der Waals surface area (Å²) in [5, 5.41) is 21.4. The van der Waals surface area contributed by atoms with Crippen LogP contribution in [0.1, 0.15) is 50.1 Å². The maximum atomic E-state index is 11.5. The van der Waals surface area contributed by atoms with E-state index in [-0.39, 0.29) is 17.6 Å². The number of aliphatic hydroxyl groups excluding tert-OH is 2. The molecule has 4 saturated carbocycles. The number of aromatic nitrogens is 2. The van der Waals surface area contributed by atoms with Gasteiger partial charge in [-0.3, -0.25) is 0 Å². The Hall–Kier alpha value is -1.65. The van der Waals surface area contributed by atoms with Crippen LogP contribution in [0, 0.1) is 29.1 Å². The van der Waals surface area contributed by atoms with Crippen molar-refractivity contribution in [2.75, 3.05) is 6.61 Å². The van der Waals surface area contributed by atoms with Gasteiger partial charge in [0.2, 0.25) is 0 Å². The molecule has 0 amide bonds. The number of aliphatic hydroxyl groups is 2. The Morgan fingerprint density at radius 3 is 2.70 bits per heavy atom. The Morgan fingerprint density at radius 1 is 1.15 bits per heavy atom. The van der Waals surface area contributed by atoms with Gasteiger partial charge >= 0.3 is 0 Å². The van der Waals surface area contributed by atoms with Crippen molar-refractivity contribution in [3.63, 3.8) is 0 Å². The molecule has 0 saturated heterocycles. The van der Waals surface area contributed by atoms with Crippen LogP contribution in [0.5, 0.6) is 0 Å². The van der Waals surface area contributed by atoms with Crippen LogP contribution in [-0.4, -0.2) is 32.5 Å². The molecule has 1 aromatic carbocycles. The van der Waals surface area contributed by atoms with Gasteiger partial charge in [-0.05, 0) is 73.2 Å². The zero-order valence-electron chi connectivity index (χ0n) is 15.7. The van der Waals surface area contributed by atoms with Crippen LogP contribution in [0.25, 0.3) is 11.3 Å². The first-order valence-electron chi connectivity index (χ1n) is 10.6. The second-order valence-electron chi connectivity index (χ2n) is 9.72. The lowest BCUT2D eigenvalue weighted by Crippen LogP contribution is -2.56. The van der Waals surface area contributed by atoms with E-state index in [2.05, 4.69) is 33.8 Å². The molecule has 4 nitrogen and oxygen atoms in total. The van der Waals surface area contributed by atoms with Crippen molar-refractivity contribution < 1.29 is 10.2 Å². The number of hydrogen-bond donors (Lipinski definition) is 2. The first-order chi connectivity index (χ1) is 13.2. The molecule has 4 bridgehead atoms. The van der Waals surface area contributed by atoms with Gasteiger partial charge in [-0.1, -0.05) is 24.3 Å². The number of hydrogen-bond acceptors (Lipinski definition) is 3. The van der Waals surface area contributed by atoms with Gasteiger partial charge < -0.3 is 14.8 Å². The average Bonchev–Trinajstić information content (AvgIpc) is 3.24. The molecule has 4 atom stereocenters. The minimum absolute atomic E-state index is 0.0699. The molecule has 4 fully saturated rings. The summed E-state index contributed by atoms with van der Waals surface area (Å²) in [7, 11) is 0. The molecule has 2 aromatic rings. The Balaban J connectivity index is 1.31. The zero-order chi connectivity index (χ0) is 18.2. The molecule has 142 valence electrons. The molecule has 2 heterocycles. The largest absolute Gasteiger partial charge is 0.396 e. The summed E-state index contributed by atoms with van der Waals surface area (Å²) >= 11 is 0. The van der Waals surface area contributed by atoms with Crippen molar-refractivity contribution >= 4 is 0 Å². The third-order valence-corrected chi connectivity index (χ3v) is 8.48. The Morgan fingerprint density at radius 2 is 1.93 bits per heavy atom. The van der Waals surface area contributed by atoms with Crippen molar-refractivity contribution in [2.45, 2.75) is 50.7 Å². The average molecular weight is 364 g/mol. The number of rotatable bonds is 4.